The summed E-state index contributed by atoms with van der Waals surface area (Å²) < 4.78 is 0. The monoisotopic (exact) mass is 310 g/mol. The summed E-state index contributed by atoms with van der Waals surface area (Å²) in [5.41, 5.74) is 0.865. The molecule has 0 unspecified atom stereocenters. The van der Waals surface area contributed by atoms with Crippen molar-refractivity contribution in [2.75, 3.05) is 11.9 Å². The van der Waals surface area contributed by atoms with Crippen LogP contribution >= 0.6 is 0 Å². The van der Waals surface area contributed by atoms with Crippen molar-refractivity contribution in [3.63, 3.8) is 0 Å². The van der Waals surface area contributed by atoms with Gasteiger partial charge in [0.15, 0.2) is 5.82 Å². The number of nitrogens with zero attached hydrogens (tertiary/aromatic N) is 2. The van der Waals surface area contributed by atoms with Crippen LogP contribution in [0.1, 0.15) is 31.3 Å². The first-order chi connectivity index (χ1) is 10.9. The quantitative estimate of drug-likeness (QED) is 0.832. The first-order valence-corrected chi connectivity index (χ1v) is 7.51. The van der Waals surface area contributed by atoms with Crippen LogP contribution in [0.25, 0.3) is 11.4 Å². The molecule has 0 aliphatic rings. The minimum atomic E-state index is -0.330. The zero-order valence-electron chi connectivity index (χ0n) is 13.8. The van der Waals surface area contributed by atoms with Gasteiger partial charge < -0.3 is 10.6 Å². The van der Waals surface area contributed by atoms with Gasteiger partial charge in [-0.15, -0.1) is 6.58 Å². The van der Waals surface area contributed by atoms with Gasteiger partial charge in [0.05, 0.1) is 0 Å². The molecule has 1 amide bonds. The van der Waals surface area contributed by atoms with E-state index in [1.54, 1.807) is 12.1 Å². The third-order valence-corrected chi connectivity index (χ3v) is 2.91. The van der Waals surface area contributed by atoms with Crippen molar-refractivity contribution in [3.8, 4) is 11.4 Å². The van der Waals surface area contributed by atoms with Crippen LogP contribution in [0.4, 0.5) is 5.82 Å². The summed E-state index contributed by atoms with van der Waals surface area (Å²) in [4.78, 5) is 21.3. The predicted octanol–water partition coefficient (Wildman–Crippen LogP) is 3.27. The number of benzene rings is 1. The van der Waals surface area contributed by atoms with E-state index in [2.05, 4.69) is 27.2 Å². The average molecular weight is 310 g/mol. The van der Waals surface area contributed by atoms with Crippen LogP contribution in [0, 0.1) is 0 Å². The minimum Gasteiger partial charge on any atom is -0.366 e. The van der Waals surface area contributed by atoms with Crippen molar-refractivity contribution in [1.29, 1.82) is 0 Å². The van der Waals surface area contributed by atoms with Gasteiger partial charge in [0.25, 0.3) is 5.91 Å². The Morgan fingerprint density at radius 1 is 1.22 bits per heavy atom. The number of amides is 1. The predicted molar refractivity (Wildman–Crippen MR) is 93.4 cm³/mol. The van der Waals surface area contributed by atoms with E-state index < -0.39 is 0 Å². The summed E-state index contributed by atoms with van der Waals surface area (Å²) in [5.74, 6) is 0.885. The number of carbonyl (C=O) groups excluding carboxylic acids is 1. The largest absolute Gasteiger partial charge is 0.366 e. The molecule has 5 nitrogen and oxygen atoms in total. The van der Waals surface area contributed by atoms with Gasteiger partial charge in [0, 0.05) is 23.7 Å². The van der Waals surface area contributed by atoms with Crippen LogP contribution in [-0.4, -0.2) is 28.0 Å². The molecule has 0 bridgehead atoms. The molecular weight excluding hydrogens is 288 g/mol. The zero-order chi connectivity index (χ0) is 16.9. The maximum absolute atomic E-state index is 12.4. The van der Waals surface area contributed by atoms with E-state index in [-0.39, 0.29) is 11.4 Å². The maximum Gasteiger partial charge on any atom is 0.270 e. The third kappa shape index (κ3) is 4.92. The standard InChI is InChI=1S/C18H22N4O/c1-5-11-19-15-12-14(17(23)22-18(2,3)4)20-16(21-15)13-9-7-6-8-10-13/h5-10,12H,1,11H2,2-4H3,(H,22,23)(H,19,20,21). The highest BCUT2D eigenvalue weighted by molar-refractivity contribution is 5.93. The second-order valence-corrected chi connectivity index (χ2v) is 6.20. The Bertz CT molecular complexity index is 690. The highest BCUT2D eigenvalue weighted by Gasteiger charge is 2.18. The molecule has 120 valence electrons. The van der Waals surface area contributed by atoms with Gasteiger partial charge >= 0.3 is 0 Å². The molecule has 1 heterocycles. The maximum atomic E-state index is 12.4. The summed E-state index contributed by atoms with van der Waals surface area (Å²) >= 11 is 0. The molecule has 1 aromatic carbocycles. The smallest absolute Gasteiger partial charge is 0.270 e. The molecule has 2 rings (SSSR count). The molecule has 0 saturated heterocycles. The average Bonchev–Trinajstić information content (AvgIpc) is 2.52. The fourth-order valence-corrected chi connectivity index (χ4v) is 1.95. The molecule has 2 aromatic rings. The Kier molecular flexibility index (Phi) is 5.11. The lowest BCUT2D eigenvalue weighted by Gasteiger charge is -2.20. The molecule has 0 radical (unpaired) electrons. The minimum absolute atomic E-state index is 0.223. The first-order valence-electron chi connectivity index (χ1n) is 7.51. The van der Waals surface area contributed by atoms with Crippen LogP contribution < -0.4 is 10.6 Å². The number of hydrogen-bond acceptors (Lipinski definition) is 4. The van der Waals surface area contributed by atoms with Crippen LogP contribution in [0.2, 0.25) is 0 Å². The molecule has 0 fully saturated rings. The fourth-order valence-electron chi connectivity index (χ4n) is 1.95. The molecule has 0 aliphatic heterocycles. The number of aromatic nitrogens is 2. The van der Waals surface area contributed by atoms with Crippen LogP contribution in [-0.2, 0) is 0 Å². The Morgan fingerprint density at radius 2 is 1.91 bits per heavy atom. The topological polar surface area (TPSA) is 66.9 Å². The number of nitrogens with one attached hydrogen (secondary N) is 2. The van der Waals surface area contributed by atoms with Crippen molar-refractivity contribution >= 4 is 11.7 Å². The van der Waals surface area contributed by atoms with Crippen LogP contribution in [0.15, 0.2) is 49.1 Å². The molecule has 5 heteroatoms. The van der Waals surface area contributed by atoms with Gasteiger partial charge in [-0.3, -0.25) is 4.79 Å². The summed E-state index contributed by atoms with van der Waals surface area (Å²) in [5, 5.41) is 6.03. The van der Waals surface area contributed by atoms with Crippen LogP contribution in [0.5, 0.6) is 0 Å². The van der Waals surface area contributed by atoms with Gasteiger partial charge in [-0.1, -0.05) is 36.4 Å². The summed E-state index contributed by atoms with van der Waals surface area (Å²) in [6, 6.07) is 11.2. The number of rotatable bonds is 5. The lowest BCUT2D eigenvalue weighted by Crippen LogP contribution is -2.41. The Balaban J connectivity index is 2.41. The third-order valence-electron chi connectivity index (χ3n) is 2.91. The van der Waals surface area contributed by atoms with Gasteiger partial charge in [0.2, 0.25) is 0 Å². The molecule has 1 aromatic heterocycles. The van der Waals surface area contributed by atoms with Gasteiger partial charge in [0.1, 0.15) is 11.5 Å². The molecule has 23 heavy (non-hydrogen) atoms. The molecule has 0 atom stereocenters. The number of carbonyl (C=O) groups is 1. The van der Waals surface area contributed by atoms with E-state index in [4.69, 9.17) is 0 Å². The summed E-state index contributed by atoms with van der Waals surface area (Å²) in [6.07, 6.45) is 1.74. The highest BCUT2D eigenvalue weighted by atomic mass is 16.2. The SMILES string of the molecule is C=CCNc1cc(C(=O)NC(C)(C)C)nc(-c2ccccc2)n1. The van der Waals surface area contributed by atoms with Gasteiger partial charge in [-0.25, -0.2) is 9.97 Å². The summed E-state index contributed by atoms with van der Waals surface area (Å²) in [7, 11) is 0. The second kappa shape index (κ2) is 7.05. The van der Waals surface area contributed by atoms with Crippen molar-refractivity contribution in [2.24, 2.45) is 0 Å². The van der Waals surface area contributed by atoms with Gasteiger partial charge in [-0.2, -0.15) is 0 Å². The van der Waals surface area contributed by atoms with E-state index in [1.807, 2.05) is 51.1 Å². The van der Waals surface area contributed by atoms with E-state index in [0.717, 1.165) is 5.56 Å². The lowest BCUT2D eigenvalue weighted by atomic mass is 10.1. The Hall–Kier alpha value is -2.69. The zero-order valence-corrected chi connectivity index (χ0v) is 13.8. The Morgan fingerprint density at radius 3 is 2.52 bits per heavy atom. The van der Waals surface area contributed by atoms with E-state index in [9.17, 15) is 4.79 Å². The highest BCUT2D eigenvalue weighted by Crippen LogP contribution is 2.18. The van der Waals surface area contributed by atoms with E-state index in [1.165, 1.54) is 0 Å². The number of anilines is 1. The lowest BCUT2D eigenvalue weighted by molar-refractivity contribution is 0.0914. The number of hydrogen-bond donors (Lipinski definition) is 2. The van der Waals surface area contributed by atoms with Crippen LogP contribution in [0.3, 0.4) is 0 Å². The molecule has 0 saturated carbocycles. The molecular formula is C18H22N4O. The van der Waals surface area contributed by atoms with Gasteiger partial charge in [-0.05, 0) is 20.8 Å². The van der Waals surface area contributed by atoms with Crippen molar-refractivity contribution in [3.05, 3.63) is 54.7 Å². The van der Waals surface area contributed by atoms with Crippen molar-refractivity contribution in [1.82, 2.24) is 15.3 Å². The Labute approximate surface area is 136 Å². The van der Waals surface area contributed by atoms with E-state index >= 15 is 0 Å². The summed E-state index contributed by atoms with van der Waals surface area (Å²) in [6.45, 7) is 10.0. The molecule has 0 aliphatic carbocycles. The van der Waals surface area contributed by atoms with Crippen molar-refractivity contribution in [2.45, 2.75) is 26.3 Å². The molecule has 2 N–H and O–H groups in total. The second-order valence-electron chi connectivity index (χ2n) is 6.20. The normalized spacial score (nSPS) is 10.9. The van der Waals surface area contributed by atoms with E-state index in [0.29, 0.717) is 23.9 Å². The molecule has 0 spiro atoms. The fraction of sp³-hybridized carbons (Fsp3) is 0.278. The first kappa shape index (κ1) is 16.7. The van der Waals surface area contributed by atoms with Crippen molar-refractivity contribution < 1.29 is 4.79 Å².